The van der Waals surface area contributed by atoms with Crippen LogP contribution in [0.25, 0.3) is 0 Å². The van der Waals surface area contributed by atoms with Gasteiger partial charge in [-0.05, 0) is 26.0 Å². The molecule has 0 bridgehead atoms. The number of hydrogen-bond acceptors (Lipinski definition) is 4. The van der Waals surface area contributed by atoms with Crippen LogP contribution in [-0.2, 0) is 21.3 Å². The summed E-state index contributed by atoms with van der Waals surface area (Å²) in [4.78, 5) is 3.27. The Bertz CT molecular complexity index is 521. The van der Waals surface area contributed by atoms with Gasteiger partial charge in [-0.1, -0.05) is 6.92 Å². The van der Waals surface area contributed by atoms with Gasteiger partial charge in [0, 0.05) is 37.0 Å². The molecule has 0 aliphatic carbocycles. The van der Waals surface area contributed by atoms with E-state index in [0.29, 0.717) is 19.8 Å². The Morgan fingerprint density at radius 2 is 2.35 bits per heavy atom. The van der Waals surface area contributed by atoms with Crippen molar-refractivity contribution >= 4 is 10.0 Å². The van der Waals surface area contributed by atoms with Gasteiger partial charge in [0.1, 0.15) is 0 Å². The van der Waals surface area contributed by atoms with Crippen molar-refractivity contribution in [3.63, 3.8) is 0 Å². The van der Waals surface area contributed by atoms with E-state index in [-0.39, 0.29) is 16.9 Å². The number of aromatic nitrogens is 1. The quantitative estimate of drug-likeness (QED) is 0.696. The van der Waals surface area contributed by atoms with Crippen LogP contribution in [0.4, 0.5) is 0 Å². The maximum absolute atomic E-state index is 12.3. The number of hydrogen-bond donors (Lipinski definition) is 3. The summed E-state index contributed by atoms with van der Waals surface area (Å²) in [6, 6.07) is 1.55. The van der Waals surface area contributed by atoms with Gasteiger partial charge in [0.05, 0.1) is 11.5 Å². The molecule has 0 spiro atoms. The van der Waals surface area contributed by atoms with E-state index in [9.17, 15) is 8.42 Å². The highest BCUT2D eigenvalue weighted by molar-refractivity contribution is 7.89. The van der Waals surface area contributed by atoms with E-state index in [1.54, 1.807) is 6.07 Å². The van der Waals surface area contributed by atoms with Crippen LogP contribution in [0.15, 0.2) is 17.2 Å². The van der Waals surface area contributed by atoms with Crippen molar-refractivity contribution in [1.29, 1.82) is 0 Å². The zero-order valence-electron chi connectivity index (χ0n) is 12.0. The van der Waals surface area contributed by atoms with Crippen molar-refractivity contribution in [3.05, 3.63) is 18.0 Å². The van der Waals surface area contributed by atoms with Gasteiger partial charge in [0.2, 0.25) is 10.0 Å². The Morgan fingerprint density at radius 3 is 3.00 bits per heavy atom. The van der Waals surface area contributed by atoms with Crippen LogP contribution in [0.1, 0.15) is 26.0 Å². The predicted molar refractivity (Wildman–Crippen MR) is 76.9 cm³/mol. The molecule has 1 aliphatic rings. The van der Waals surface area contributed by atoms with Crippen molar-refractivity contribution in [2.45, 2.75) is 37.8 Å². The van der Waals surface area contributed by atoms with E-state index in [2.05, 4.69) is 15.0 Å². The summed E-state index contributed by atoms with van der Waals surface area (Å²) in [6.07, 6.45) is 2.44. The topological polar surface area (TPSA) is 83.2 Å². The number of ether oxygens (including phenoxy) is 1. The molecule has 0 aromatic carbocycles. The summed E-state index contributed by atoms with van der Waals surface area (Å²) in [6.45, 7) is 6.73. The van der Waals surface area contributed by atoms with Crippen LogP contribution in [0.3, 0.4) is 0 Å². The van der Waals surface area contributed by atoms with Gasteiger partial charge in [-0.2, -0.15) is 0 Å². The van der Waals surface area contributed by atoms with Crippen LogP contribution in [0.2, 0.25) is 0 Å². The molecule has 0 amide bonds. The van der Waals surface area contributed by atoms with Crippen LogP contribution < -0.4 is 10.0 Å². The molecular weight excluding hydrogens is 278 g/mol. The molecule has 1 aromatic heterocycles. The summed E-state index contributed by atoms with van der Waals surface area (Å²) in [5, 5.41) is 3.15. The molecule has 20 heavy (non-hydrogen) atoms. The van der Waals surface area contributed by atoms with Crippen molar-refractivity contribution < 1.29 is 13.2 Å². The fraction of sp³-hybridized carbons (Fsp3) is 0.692. The first-order chi connectivity index (χ1) is 9.53. The van der Waals surface area contributed by atoms with E-state index in [4.69, 9.17) is 4.74 Å². The average molecular weight is 301 g/mol. The first-order valence-electron chi connectivity index (χ1n) is 7.01. The average Bonchev–Trinajstić information content (AvgIpc) is 3.07. The molecule has 114 valence electrons. The molecule has 1 aromatic rings. The highest BCUT2D eigenvalue weighted by atomic mass is 32.2. The molecule has 2 heterocycles. The van der Waals surface area contributed by atoms with Gasteiger partial charge in [-0.15, -0.1) is 0 Å². The van der Waals surface area contributed by atoms with E-state index < -0.39 is 10.0 Å². The van der Waals surface area contributed by atoms with Crippen LogP contribution in [-0.4, -0.2) is 39.2 Å². The number of sulfonamides is 1. The fourth-order valence-electron chi connectivity index (χ4n) is 2.29. The van der Waals surface area contributed by atoms with Gasteiger partial charge in [0.15, 0.2) is 0 Å². The van der Waals surface area contributed by atoms with E-state index in [1.165, 1.54) is 6.20 Å². The van der Waals surface area contributed by atoms with E-state index in [1.807, 2.05) is 13.8 Å². The molecule has 7 heteroatoms. The fourth-order valence-corrected chi connectivity index (χ4v) is 3.62. The second kappa shape index (κ2) is 6.71. The molecule has 0 radical (unpaired) electrons. The second-order valence-electron chi connectivity index (χ2n) is 5.17. The van der Waals surface area contributed by atoms with Gasteiger partial charge >= 0.3 is 0 Å². The molecule has 2 unspecified atom stereocenters. The van der Waals surface area contributed by atoms with Gasteiger partial charge in [-0.3, -0.25) is 0 Å². The van der Waals surface area contributed by atoms with Gasteiger partial charge in [-0.25, -0.2) is 13.1 Å². The minimum atomic E-state index is -3.47. The molecule has 3 N–H and O–H groups in total. The summed E-state index contributed by atoms with van der Waals surface area (Å²) in [7, 11) is -3.47. The summed E-state index contributed by atoms with van der Waals surface area (Å²) >= 11 is 0. The van der Waals surface area contributed by atoms with Crippen molar-refractivity contribution in [2.24, 2.45) is 5.92 Å². The normalized spacial score (nSPS) is 21.2. The number of aromatic amines is 1. The third-order valence-corrected chi connectivity index (χ3v) is 5.14. The standard InChI is InChI=1S/C13H23N3O3S/c1-3-14-7-12-6-13(8-15-12)20(17,18)16-10(2)11-4-5-19-9-11/h6,8,10-11,14-16H,3-5,7,9H2,1-2H3. The Kier molecular flexibility index (Phi) is 5.20. The monoisotopic (exact) mass is 301 g/mol. The van der Waals surface area contributed by atoms with Gasteiger partial charge < -0.3 is 15.0 Å². The molecule has 6 nitrogen and oxygen atoms in total. The lowest BCUT2D eigenvalue weighted by molar-refractivity contribution is 0.180. The molecule has 2 rings (SSSR count). The largest absolute Gasteiger partial charge is 0.381 e. The van der Waals surface area contributed by atoms with E-state index in [0.717, 1.165) is 18.7 Å². The van der Waals surface area contributed by atoms with Gasteiger partial charge in [0.25, 0.3) is 0 Å². The minimum Gasteiger partial charge on any atom is -0.381 e. The Labute approximate surface area is 120 Å². The third kappa shape index (κ3) is 3.82. The smallest absolute Gasteiger partial charge is 0.242 e. The zero-order chi connectivity index (χ0) is 14.6. The van der Waals surface area contributed by atoms with Crippen molar-refractivity contribution in [2.75, 3.05) is 19.8 Å². The SMILES string of the molecule is CCNCc1cc(S(=O)(=O)NC(C)C2CCOC2)c[nH]1. The third-order valence-electron chi connectivity index (χ3n) is 3.61. The van der Waals surface area contributed by atoms with Crippen molar-refractivity contribution in [3.8, 4) is 0 Å². The molecule has 1 fully saturated rings. The Morgan fingerprint density at radius 1 is 1.55 bits per heavy atom. The highest BCUT2D eigenvalue weighted by Gasteiger charge is 2.27. The maximum Gasteiger partial charge on any atom is 0.242 e. The first-order valence-corrected chi connectivity index (χ1v) is 8.49. The molecule has 0 saturated carbocycles. The highest BCUT2D eigenvalue weighted by Crippen LogP contribution is 2.19. The van der Waals surface area contributed by atoms with E-state index >= 15 is 0 Å². The predicted octanol–water partition coefficient (Wildman–Crippen LogP) is 0.828. The number of rotatable bonds is 7. The molecule has 2 atom stereocenters. The summed E-state index contributed by atoms with van der Waals surface area (Å²) < 4.78 is 32.6. The van der Waals surface area contributed by atoms with Crippen LogP contribution in [0.5, 0.6) is 0 Å². The van der Waals surface area contributed by atoms with Crippen LogP contribution >= 0.6 is 0 Å². The lowest BCUT2D eigenvalue weighted by Gasteiger charge is -2.18. The summed E-state index contributed by atoms with van der Waals surface area (Å²) in [5.41, 5.74) is 0.865. The number of nitrogens with one attached hydrogen (secondary N) is 3. The second-order valence-corrected chi connectivity index (χ2v) is 6.89. The lowest BCUT2D eigenvalue weighted by atomic mass is 10.0. The zero-order valence-corrected chi connectivity index (χ0v) is 12.8. The number of H-pyrrole nitrogens is 1. The van der Waals surface area contributed by atoms with Crippen LogP contribution in [0, 0.1) is 5.92 Å². The lowest BCUT2D eigenvalue weighted by Crippen LogP contribution is -2.38. The first kappa shape index (κ1) is 15.5. The Balaban J connectivity index is 2.00. The Hall–Kier alpha value is -0.890. The molecular formula is C13H23N3O3S. The molecule has 1 saturated heterocycles. The summed E-state index contributed by atoms with van der Waals surface area (Å²) in [5.74, 6) is 0.255. The molecule has 1 aliphatic heterocycles. The minimum absolute atomic E-state index is 0.116. The maximum atomic E-state index is 12.3. The van der Waals surface area contributed by atoms with Crippen molar-refractivity contribution in [1.82, 2.24) is 15.0 Å².